The molecule has 0 amide bonds. The first kappa shape index (κ1) is 7.38. The van der Waals surface area contributed by atoms with E-state index in [-0.39, 0.29) is 0 Å². The molecule has 1 aromatic carbocycles. The molecule has 0 spiro atoms. The van der Waals surface area contributed by atoms with E-state index >= 15 is 0 Å². The van der Waals surface area contributed by atoms with Crippen LogP contribution in [0.15, 0.2) is 36.7 Å². The van der Waals surface area contributed by atoms with E-state index in [9.17, 15) is 0 Å². The first-order chi connectivity index (χ1) is 6.83. The molecule has 0 fully saturated rings. The Balaban J connectivity index is 2.51. The van der Waals surface area contributed by atoms with Crippen molar-refractivity contribution in [3.63, 3.8) is 0 Å². The normalized spacial score (nSPS) is 11.1. The fourth-order valence-corrected chi connectivity index (χ4v) is 1.74. The molecule has 3 nitrogen and oxygen atoms in total. The molecule has 0 aliphatic heterocycles. The van der Waals surface area contributed by atoms with Crippen molar-refractivity contribution < 1.29 is 0 Å². The Hall–Kier alpha value is -2.03. The fraction of sp³-hybridized carbons (Fsp3) is 0. The number of nitrogens with two attached hydrogens (primary N) is 1. The summed E-state index contributed by atoms with van der Waals surface area (Å²) < 4.78 is 0. The molecule has 0 saturated carbocycles. The number of nitrogens with zero attached hydrogens (tertiary/aromatic N) is 1. The van der Waals surface area contributed by atoms with Gasteiger partial charge in [-0.05, 0) is 29.7 Å². The molecule has 2 heterocycles. The first-order valence-corrected chi connectivity index (χ1v) is 4.45. The van der Waals surface area contributed by atoms with Crippen molar-refractivity contribution >= 4 is 27.5 Å². The summed E-state index contributed by atoms with van der Waals surface area (Å²) in [6.07, 6.45) is 3.65. The quantitative estimate of drug-likeness (QED) is 0.561. The average molecular weight is 183 g/mol. The number of nitrogen functional groups attached to an aromatic ring is 1. The SMILES string of the molecule is Nc1cc2cc3ccncc3cc2[nH]1. The Morgan fingerprint density at radius 3 is 2.93 bits per heavy atom. The van der Waals surface area contributed by atoms with Gasteiger partial charge in [0.15, 0.2) is 0 Å². The molecule has 0 saturated heterocycles. The van der Waals surface area contributed by atoms with Gasteiger partial charge in [-0.15, -0.1) is 0 Å². The summed E-state index contributed by atoms with van der Waals surface area (Å²) in [4.78, 5) is 7.18. The van der Waals surface area contributed by atoms with Crippen LogP contribution in [0.3, 0.4) is 0 Å². The van der Waals surface area contributed by atoms with E-state index in [1.54, 1.807) is 6.20 Å². The second kappa shape index (κ2) is 2.48. The van der Waals surface area contributed by atoms with E-state index < -0.39 is 0 Å². The lowest BCUT2D eigenvalue weighted by atomic mass is 10.1. The number of fused-ring (bicyclic) bond motifs is 2. The van der Waals surface area contributed by atoms with E-state index in [1.165, 1.54) is 5.39 Å². The summed E-state index contributed by atoms with van der Waals surface area (Å²) in [5.41, 5.74) is 6.74. The molecule has 0 unspecified atom stereocenters. The summed E-state index contributed by atoms with van der Waals surface area (Å²) in [5, 5.41) is 3.45. The van der Waals surface area contributed by atoms with Crippen molar-refractivity contribution in [3.05, 3.63) is 36.7 Å². The summed E-state index contributed by atoms with van der Waals surface area (Å²) >= 11 is 0. The second-order valence-electron chi connectivity index (χ2n) is 3.39. The van der Waals surface area contributed by atoms with Crippen molar-refractivity contribution in [1.82, 2.24) is 9.97 Å². The zero-order chi connectivity index (χ0) is 9.54. The molecule has 3 aromatic rings. The largest absolute Gasteiger partial charge is 0.385 e. The Morgan fingerprint density at radius 1 is 1.07 bits per heavy atom. The van der Waals surface area contributed by atoms with Gasteiger partial charge >= 0.3 is 0 Å². The van der Waals surface area contributed by atoms with Gasteiger partial charge in [-0.25, -0.2) is 0 Å². The predicted molar refractivity (Wildman–Crippen MR) is 58.0 cm³/mol. The highest BCUT2D eigenvalue weighted by atomic mass is 14.8. The second-order valence-corrected chi connectivity index (χ2v) is 3.39. The molecule has 2 aromatic heterocycles. The summed E-state index contributed by atoms with van der Waals surface area (Å²) in [6, 6.07) is 8.11. The number of anilines is 1. The maximum Gasteiger partial charge on any atom is 0.101 e. The Labute approximate surface area is 80.6 Å². The first-order valence-electron chi connectivity index (χ1n) is 4.45. The third-order valence-corrected chi connectivity index (χ3v) is 2.40. The van der Waals surface area contributed by atoms with Gasteiger partial charge in [-0.1, -0.05) is 0 Å². The molecule has 0 radical (unpaired) electrons. The van der Waals surface area contributed by atoms with Crippen molar-refractivity contribution in [1.29, 1.82) is 0 Å². The highest BCUT2D eigenvalue weighted by Gasteiger charge is 2.00. The van der Waals surface area contributed by atoms with Crippen LogP contribution >= 0.6 is 0 Å². The van der Waals surface area contributed by atoms with E-state index in [0.29, 0.717) is 5.82 Å². The minimum Gasteiger partial charge on any atom is -0.385 e. The molecular formula is C11H9N3. The van der Waals surface area contributed by atoms with E-state index in [1.807, 2.05) is 18.3 Å². The van der Waals surface area contributed by atoms with Crippen molar-refractivity contribution in [2.75, 3.05) is 5.73 Å². The minimum absolute atomic E-state index is 0.697. The average Bonchev–Trinajstić information content (AvgIpc) is 2.53. The van der Waals surface area contributed by atoms with Crippen molar-refractivity contribution in [2.24, 2.45) is 0 Å². The third kappa shape index (κ3) is 0.956. The molecule has 0 aliphatic rings. The van der Waals surface area contributed by atoms with Gasteiger partial charge in [-0.3, -0.25) is 4.98 Å². The van der Waals surface area contributed by atoms with Crippen LogP contribution in [-0.4, -0.2) is 9.97 Å². The van der Waals surface area contributed by atoms with E-state index in [0.717, 1.165) is 16.3 Å². The van der Waals surface area contributed by atoms with Crippen LogP contribution in [0.5, 0.6) is 0 Å². The maximum atomic E-state index is 5.68. The topological polar surface area (TPSA) is 54.7 Å². The van der Waals surface area contributed by atoms with Crippen LogP contribution in [0.25, 0.3) is 21.7 Å². The number of aromatic nitrogens is 2. The lowest BCUT2D eigenvalue weighted by Crippen LogP contribution is -1.80. The predicted octanol–water partition coefficient (Wildman–Crippen LogP) is 2.30. The van der Waals surface area contributed by atoms with Crippen LogP contribution in [0.1, 0.15) is 0 Å². The molecule has 0 bridgehead atoms. The van der Waals surface area contributed by atoms with E-state index in [2.05, 4.69) is 22.1 Å². The summed E-state index contributed by atoms with van der Waals surface area (Å²) in [5.74, 6) is 0.697. The third-order valence-electron chi connectivity index (χ3n) is 2.40. The van der Waals surface area contributed by atoms with E-state index in [4.69, 9.17) is 5.73 Å². The minimum atomic E-state index is 0.697. The smallest absolute Gasteiger partial charge is 0.101 e. The van der Waals surface area contributed by atoms with Crippen LogP contribution < -0.4 is 5.73 Å². The van der Waals surface area contributed by atoms with Gasteiger partial charge in [0.25, 0.3) is 0 Å². The van der Waals surface area contributed by atoms with Crippen LogP contribution in [-0.2, 0) is 0 Å². The lowest BCUT2D eigenvalue weighted by molar-refractivity contribution is 1.36. The van der Waals surface area contributed by atoms with Gasteiger partial charge in [-0.2, -0.15) is 0 Å². The molecular weight excluding hydrogens is 174 g/mol. The highest BCUT2D eigenvalue weighted by Crippen LogP contribution is 2.23. The molecule has 3 heteroatoms. The van der Waals surface area contributed by atoms with Crippen molar-refractivity contribution in [2.45, 2.75) is 0 Å². The van der Waals surface area contributed by atoms with Crippen molar-refractivity contribution in [3.8, 4) is 0 Å². The fourth-order valence-electron chi connectivity index (χ4n) is 1.74. The number of hydrogen-bond donors (Lipinski definition) is 2. The number of pyridine rings is 1. The van der Waals surface area contributed by atoms with Gasteiger partial charge < -0.3 is 10.7 Å². The van der Waals surface area contributed by atoms with Gasteiger partial charge in [0.1, 0.15) is 5.82 Å². The molecule has 0 aliphatic carbocycles. The number of benzene rings is 1. The van der Waals surface area contributed by atoms with Crippen LogP contribution in [0.2, 0.25) is 0 Å². The number of rotatable bonds is 0. The van der Waals surface area contributed by atoms with Gasteiger partial charge in [0.05, 0.1) is 0 Å². The highest BCUT2D eigenvalue weighted by molar-refractivity contribution is 5.97. The number of hydrogen-bond acceptors (Lipinski definition) is 2. The Kier molecular flexibility index (Phi) is 1.31. The monoisotopic (exact) mass is 183 g/mol. The molecule has 3 rings (SSSR count). The number of aromatic amines is 1. The Bertz CT molecular complexity index is 558. The lowest BCUT2D eigenvalue weighted by Gasteiger charge is -1.96. The maximum absolute atomic E-state index is 5.68. The molecule has 68 valence electrons. The zero-order valence-corrected chi connectivity index (χ0v) is 7.49. The van der Waals surface area contributed by atoms with Gasteiger partial charge in [0.2, 0.25) is 0 Å². The Morgan fingerprint density at radius 2 is 2.00 bits per heavy atom. The summed E-state index contributed by atoms with van der Waals surface area (Å²) in [7, 11) is 0. The summed E-state index contributed by atoms with van der Waals surface area (Å²) in [6.45, 7) is 0. The standard InChI is InChI=1S/C11H9N3/c12-11-5-8-3-7-1-2-13-6-9(7)4-10(8)14-11/h1-6,14H,12H2. The van der Waals surface area contributed by atoms with Crippen LogP contribution in [0.4, 0.5) is 5.82 Å². The molecule has 0 atom stereocenters. The number of H-pyrrole nitrogens is 1. The molecule has 3 N–H and O–H groups in total. The van der Waals surface area contributed by atoms with Crippen LogP contribution in [0, 0.1) is 0 Å². The molecule has 14 heavy (non-hydrogen) atoms. The zero-order valence-electron chi connectivity index (χ0n) is 7.49. The number of nitrogens with one attached hydrogen (secondary N) is 1. The van der Waals surface area contributed by atoms with Gasteiger partial charge in [0, 0.05) is 28.7 Å².